The zero-order chi connectivity index (χ0) is 22.1. The summed E-state index contributed by atoms with van der Waals surface area (Å²) in [6.07, 6.45) is 0.585. The normalized spacial score (nSPS) is 15.8. The van der Waals surface area contributed by atoms with Gasteiger partial charge in [-0.2, -0.15) is 0 Å². The predicted octanol–water partition coefficient (Wildman–Crippen LogP) is 3.46. The van der Waals surface area contributed by atoms with Crippen LogP contribution in [0.25, 0.3) is 22.0 Å². The molecule has 0 aliphatic carbocycles. The summed E-state index contributed by atoms with van der Waals surface area (Å²) in [5.41, 5.74) is 6.43. The summed E-state index contributed by atoms with van der Waals surface area (Å²) in [5, 5.41) is 6.57. The van der Waals surface area contributed by atoms with Gasteiger partial charge in [0.2, 0.25) is 11.8 Å². The van der Waals surface area contributed by atoms with Crippen molar-refractivity contribution in [2.24, 2.45) is 0 Å². The van der Waals surface area contributed by atoms with Crippen molar-refractivity contribution < 1.29 is 14.3 Å². The molecule has 0 fully saturated rings. The Hall–Kier alpha value is -3.41. The molecule has 3 aromatic rings. The number of pyridine rings is 1. The smallest absolute Gasteiger partial charge is 0.242 e. The van der Waals surface area contributed by atoms with Crippen LogP contribution in [0.5, 0.6) is 5.75 Å². The van der Waals surface area contributed by atoms with E-state index in [-0.39, 0.29) is 17.9 Å². The molecular formula is C25H27N3O3. The van der Waals surface area contributed by atoms with E-state index in [2.05, 4.69) is 52.9 Å². The van der Waals surface area contributed by atoms with Crippen molar-refractivity contribution in [3.63, 3.8) is 0 Å². The minimum absolute atomic E-state index is 0.145. The SMILES string of the molecule is CC(=O)N[C@@H](C)C(=O)NC[C@@H]1Cc2cc(C)cc(-c3ccc4nc(C)ccc4c3)c2O1. The van der Waals surface area contributed by atoms with Crippen LogP contribution in [-0.2, 0) is 16.0 Å². The third-order valence-electron chi connectivity index (χ3n) is 5.50. The van der Waals surface area contributed by atoms with Crippen LogP contribution < -0.4 is 15.4 Å². The Morgan fingerprint density at radius 3 is 2.74 bits per heavy atom. The number of benzene rings is 2. The number of rotatable bonds is 5. The molecule has 1 aliphatic rings. The minimum Gasteiger partial charge on any atom is -0.487 e. The topological polar surface area (TPSA) is 80.3 Å². The minimum atomic E-state index is -0.575. The maximum Gasteiger partial charge on any atom is 0.242 e. The molecule has 6 nitrogen and oxygen atoms in total. The first-order valence-corrected chi connectivity index (χ1v) is 10.5. The van der Waals surface area contributed by atoms with Gasteiger partial charge in [0.15, 0.2) is 0 Å². The second-order valence-corrected chi connectivity index (χ2v) is 8.27. The number of aryl methyl sites for hydroxylation is 2. The second kappa shape index (κ2) is 8.38. The third kappa shape index (κ3) is 4.53. The molecule has 0 unspecified atom stereocenters. The largest absolute Gasteiger partial charge is 0.487 e. The van der Waals surface area contributed by atoms with Crippen LogP contribution in [0.15, 0.2) is 42.5 Å². The Morgan fingerprint density at radius 1 is 1.16 bits per heavy atom. The van der Waals surface area contributed by atoms with Crippen LogP contribution >= 0.6 is 0 Å². The molecule has 2 atom stereocenters. The summed E-state index contributed by atoms with van der Waals surface area (Å²) in [5.74, 6) is 0.427. The Bertz CT molecular complexity index is 1170. The highest BCUT2D eigenvalue weighted by atomic mass is 16.5. The molecule has 2 heterocycles. The lowest BCUT2D eigenvalue weighted by atomic mass is 9.96. The zero-order valence-corrected chi connectivity index (χ0v) is 18.3. The molecule has 0 saturated carbocycles. The Kier molecular flexibility index (Phi) is 5.63. The molecule has 4 rings (SSSR count). The van der Waals surface area contributed by atoms with Gasteiger partial charge in [-0.15, -0.1) is 0 Å². The van der Waals surface area contributed by atoms with Crippen LogP contribution in [0, 0.1) is 13.8 Å². The number of fused-ring (bicyclic) bond motifs is 2. The number of carbonyl (C=O) groups excluding carboxylic acids is 2. The molecule has 0 spiro atoms. The maximum absolute atomic E-state index is 12.2. The fourth-order valence-electron chi connectivity index (χ4n) is 4.05. The summed E-state index contributed by atoms with van der Waals surface area (Å²) in [6.45, 7) is 7.52. The van der Waals surface area contributed by atoms with Crippen molar-refractivity contribution in [1.29, 1.82) is 0 Å². The molecule has 160 valence electrons. The van der Waals surface area contributed by atoms with Crippen LogP contribution in [0.3, 0.4) is 0 Å². The van der Waals surface area contributed by atoms with E-state index in [0.717, 1.165) is 45.5 Å². The summed E-state index contributed by atoms with van der Waals surface area (Å²) in [4.78, 5) is 28.0. The summed E-state index contributed by atoms with van der Waals surface area (Å²) in [6, 6.07) is 14.1. The van der Waals surface area contributed by atoms with Crippen LogP contribution in [0.2, 0.25) is 0 Å². The van der Waals surface area contributed by atoms with E-state index in [1.165, 1.54) is 12.5 Å². The van der Waals surface area contributed by atoms with Gasteiger partial charge in [0.25, 0.3) is 0 Å². The number of amides is 2. The number of nitrogens with zero attached hydrogens (tertiary/aromatic N) is 1. The number of ether oxygens (including phenoxy) is 1. The first-order valence-electron chi connectivity index (χ1n) is 10.5. The lowest BCUT2D eigenvalue weighted by Crippen LogP contribution is -2.46. The number of nitrogens with one attached hydrogen (secondary N) is 2. The van der Waals surface area contributed by atoms with E-state index in [9.17, 15) is 9.59 Å². The first kappa shape index (κ1) is 20.8. The van der Waals surface area contributed by atoms with Crippen molar-refractivity contribution in [2.75, 3.05) is 6.54 Å². The highest BCUT2D eigenvalue weighted by molar-refractivity contribution is 5.87. The fraction of sp³-hybridized carbons (Fsp3) is 0.320. The van der Waals surface area contributed by atoms with Crippen LogP contribution in [-0.4, -0.2) is 35.5 Å². The van der Waals surface area contributed by atoms with E-state index in [1.54, 1.807) is 6.92 Å². The molecule has 2 N–H and O–H groups in total. The Balaban J connectivity index is 1.54. The second-order valence-electron chi connectivity index (χ2n) is 8.27. The Labute approximate surface area is 182 Å². The van der Waals surface area contributed by atoms with Gasteiger partial charge in [0, 0.05) is 30.0 Å². The van der Waals surface area contributed by atoms with E-state index >= 15 is 0 Å². The molecule has 0 bridgehead atoms. The summed E-state index contributed by atoms with van der Waals surface area (Å²) in [7, 11) is 0. The molecule has 0 radical (unpaired) electrons. The Morgan fingerprint density at radius 2 is 1.97 bits per heavy atom. The quantitative estimate of drug-likeness (QED) is 0.666. The van der Waals surface area contributed by atoms with Gasteiger partial charge >= 0.3 is 0 Å². The van der Waals surface area contributed by atoms with Crippen molar-refractivity contribution in [2.45, 2.75) is 46.3 Å². The van der Waals surface area contributed by atoms with E-state index in [4.69, 9.17) is 4.74 Å². The number of hydrogen-bond donors (Lipinski definition) is 2. The van der Waals surface area contributed by atoms with Crippen molar-refractivity contribution in [3.05, 3.63) is 59.3 Å². The molecular weight excluding hydrogens is 390 g/mol. The van der Waals surface area contributed by atoms with E-state index in [0.29, 0.717) is 6.54 Å². The predicted molar refractivity (Wildman–Crippen MR) is 121 cm³/mol. The van der Waals surface area contributed by atoms with Crippen molar-refractivity contribution in [1.82, 2.24) is 15.6 Å². The zero-order valence-electron chi connectivity index (χ0n) is 18.3. The van der Waals surface area contributed by atoms with E-state index in [1.807, 2.05) is 19.1 Å². The van der Waals surface area contributed by atoms with Gasteiger partial charge in [-0.3, -0.25) is 14.6 Å². The van der Waals surface area contributed by atoms with Gasteiger partial charge < -0.3 is 15.4 Å². The highest BCUT2D eigenvalue weighted by Crippen LogP contribution is 2.40. The molecule has 6 heteroatoms. The number of aromatic nitrogens is 1. The van der Waals surface area contributed by atoms with Crippen molar-refractivity contribution in [3.8, 4) is 16.9 Å². The van der Waals surface area contributed by atoms with Crippen molar-refractivity contribution >= 4 is 22.7 Å². The van der Waals surface area contributed by atoms with E-state index < -0.39 is 6.04 Å². The van der Waals surface area contributed by atoms with Crippen LogP contribution in [0.1, 0.15) is 30.7 Å². The van der Waals surface area contributed by atoms with Crippen LogP contribution in [0.4, 0.5) is 0 Å². The monoisotopic (exact) mass is 417 g/mol. The lowest BCUT2D eigenvalue weighted by Gasteiger charge is -2.16. The number of carbonyl (C=O) groups is 2. The maximum atomic E-state index is 12.2. The fourth-order valence-corrected chi connectivity index (χ4v) is 4.05. The molecule has 0 saturated heterocycles. The first-order chi connectivity index (χ1) is 14.8. The summed E-state index contributed by atoms with van der Waals surface area (Å²) < 4.78 is 6.27. The highest BCUT2D eigenvalue weighted by Gasteiger charge is 2.27. The average molecular weight is 418 g/mol. The molecule has 2 amide bonds. The van der Waals surface area contributed by atoms with Gasteiger partial charge in [0.1, 0.15) is 17.9 Å². The molecule has 2 aromatic carbocycles. The number of hydrogen-bond acceptors (Lipinski definition) is 4. The molecule has 1 aromatic heterocycles. The van der Waals surface area contributed by atoms with Gasteiger partial charge in [-0.05, 0) is 61.7 Å². The summed E-state index contributed by atoms with van der Waals surface area (Å²) >= 11 is 0. The average Bonchev–Trinajstić information content (AvgIpc) is 3.13. The van der Waals surface area contributed by atoms with Gasteiger partial charge in [-0.25, -0.2) is 0 Å². The van der Waals surface area contributed by atoms with Gasteiger partial charge in [-0.1, -0.05) is 18.2 Å². The van der Waals surface area contributed by atoms with Gasteiger partial charge in [0.05, 0.1) is 12.1 Å². The molecule has 31 heavy (non-hydrogen) atoms. The lowest BCUT2D eigenvalue weighted by molar-refractivity contribution is -0.127. The standard InChI is InChI=1S/C25H27N3O3/c1-14-9-20-12-21(13-26-25(30)16(3)28-17(4)29)31-24(20)22(10-14)18-7-8-23-19(11-18)6-5-15(2)27-23/h5-11,16,21H,12-13H2,1-4H3,(H,26,30)(H,28,29)/t16-,21-/m0/s1. The molecule has 1 aliphatic heterocycles. The third-order valence-corrected chi connectivity index (χ3v) is 5.50.